The first-order chi connectivity index (χ1) is 13.0. The molecule has 1 aromatic carbocycles. The van der Waals surface area contributed by atoms with E-state index in [1.807, 2.05) is 0 Å². The Hall–Kier alpha value is -2.64. The molecule has 0 saturated heterocycles. The fourth-order valence-electron chi connectivity index (χ4n) is 2.43. The molecule has 0 radical (unpaired) electrons. The molecule has 0 unspecified atom stereocenters. The lowest BCUT2D eigenvalue weighted by Crippen LogP contribution is -2.28. The zero-order valence-electron chi connectivity index (χ0n) is 15.7. The summed E-state index contributed by atoms with van der Waals surface area (Å²) in [5.74, 6) is -0.268. The predicted octanol–water partition coefficient (Wildman–Crippen LogP) is 1.21. The van der Waals surface area contributed by atoms with Gasteiger partial charge in [0.2, 0.25) is 11.8 Å². The number of benzene rings is 1. The van der Waals surface area contributed by atoms with Crippen LogP contribution in [0.1, 0.15) is 44.1 Å². The molecular formula is C19H30FN5O2. The zero-order valence-corrected chi connectivity index (χ0v) is 15.7. The van der Waals surface area contributed by atoms with Crippen LogP contribution in [0.5, 0.6) is 0 Å². The van der Waals surface area contributed by atoms with Gasteiger partial charge >= 0.3 is 0 Å². The summed E-state index contributed by atoms with van der Waals surface area (Å²) in [5.41, 5.74) is 11.2. The minimum absolute atomic E-state index is 0.0391. The number of nitrogens with one attached hydrogen (secondary N) is 2. The maximum absolute atomic E-state index is 12.8. The smallest absolute Gasteiger partial charge is 0.224 e. The first-order valence-electron chi connectivity index (χ1n) is 9.30. The molecule has 0 heterocycles. The van der Waals surface area contributed by atoms with Gasteiger partial charge in [-0.05, 0) is 43.4 Å². The van der Waals surface area contributed by atoms with E-state index < -0.39 is 0 Å². The Morgan fingerprint density at radius 1 is 0.889 bits per heavy atom. The highest BCUT2D eigenvalue weighted by atomic mass is 19.1. The highest BCUT2D eigenvalue weighted by Crippen LogP contribution is 2.03. The molecule has 150 valence electrons. The molecular weight excluding hydrogens is 349 g/mol. The number of guanidine groups is 1. The van der Waals surface area contributed by atoms with Gasteiger partial charge in [-0.15, -0.1) is 0 Å². The van der Waals surface area contributed by atoms with Gasteiger partial charge in [-0.3, -0.25) is 14.6 Å². The van der Waals surface area contributed by atoms with Crippen LogP contribution in [0.2, 0.25) is 0 Å². The van der Waals surface area contributed by atoms with E-state index in [4.69, 9.17) is 11.5 Å². The Labute approximate surface area is 159 Å². The van der Waals surface area contributed by atoms with Gasteiger partial charge in [0, 0.05) is 26.1 Å². The number of nitrogens with zero attached hydrogens (tertiary/aromatic N) is 1. The summed E-state index contributed by atoms with van der Waals surface area (Å²) >= 11 is 0. The Balaban J connectivity index is 1.95. The first-order valence-corrected chi connectivity index (χ1v) is 9.30. The molecule has 0 fully saturated rings. The summed E-state index contributed by atoms with van der Waals surface area (Å²) in [6.45, 7) is 1.75. The van der Waals surface area contributed by atoms with Crippen LogP contribution in [-0.2, 0) is 16.0 Å². The number of carbonyl (C=O) groups is 2. The molecule has 6 N–H and O–H groups in total. The van der Waals surface area contributed by atoms with E-state index in [0.717, 1.165) is 37.7 Å². The first kappa shape index (κ1) is 22.4. The Bertz CT molecular complexity index is 601. The lowest BCUT2D eigenvalue weighted by molar-refractivity contribution is -0.121. The SMILES string of the molecule is NC(N)=NCCCCCC(=O)NCCCCNC(=O)Cc1ccc(F)cc1. The molecule has 0 aliphatic rings. The Morgan fingerprint density at radius 2 is 1.52 bits per heavy atom. The summed E-state index contributed by atoms with van der Waals surface area (Å²) in [7, 11) is 0. The van der Waals surface area contributed by atoms with Gasteiger partial charge in [-0.2, -0.15) is 0 Å². The topological polar surface area (TPSA) is 123 Å². The van der Waals surface area contributed by atoms with Crippen molar-refractivity contribution >= 4 is 17.8 Å². The van der Waals surface area contributed by atoms with E-state index in [1.54, 1.807) is 12.1 Å². The normalized spacial score (nSPS) is 10.3. The molecule has 7 nitrogen and oxygen atoms in total. The van der Waals surface area contributed by atoms with Crippen LogP contribution in [-0.4, -0.2) is 37.4 Å². The van der Waals surface area contributed by atoms with Crippen molar-refractivity contribution in [1.29, 1.82) is 0 Å². The minimum atomic E-state index is -0.313. The molecule has 2 amide bonds. The van der Waals surface area contributed by atoms with Gasteiger partial charge in [0.15, 0.2) is 5.96 Å². The largest absolute Gasteiger partial charge is 0.370 e. The monoisotopic (exact) mass is 379 g/mol. The van der Waals surface area contributed by atoms with Crippen molar-refractivity contribution in [3.8, 4) is 0 Å². The number of amides is 2. The van der Waals surface area contributed by atoms with Crippen molar-refractivity contribution in [2.75, 3.05) is 19.6 Å². The van der Waals surface area contributed by atoms with Gasteiger partial charge in [-0.25, -0.2) is 4.39 Å². The van der Waals surface area contributed by atoms with Crippen LogP contribution < -0.4 is 22.1 Å². The molecule has 0 bridgehead atoms. The number of aliphatic imine (C=N–C) groups is 1. The van der Waals surface area contributed by atoms with Gasteiger partial charge in [-0.1, -0.05) is 18.6 Å². The third-order valence-corrected chi connectivity index (χ3v) is 3.88. The molecule has 0 atom stereocenters. The van der Waals surface area contributed by atoms with Crippen molar-refractivity contribution < 1.29 is 14.0 Å². The number of rotatable bonds is 13. The molecule has 0 saturated carbocycles. The third kappa shape index (κ3) is 12.4. The second kappa shape index (κ2) is 13.5. The van der Waals surface area contributed by atoms with Gasteiger partial charge in [0.25, 0.3) is 0 Å². The van der Waals surface area contributed by atoms with E-state index in [2.05, 4.69) is 15.6 Å². The zero-order chi connectivity index (χ0) is 19.9. The number of carbonyl (C=O) groups excluding carboxylic acids is 2. The van der Waals surface area contributed by atoms with E-state index >= 15 is 0 Å². The van der Waals surface area contributed by atoms with E-state index in [-0.39, 0.29) is 30.0 Å². The number of hydrogen-bond donors (Lipinski definition) is 4. The van der Waals surface area contributed by atoms with Crippen molar-refractivity contribution in [2.45, 2.75) is 44.9 Å². The van der Waals surface area contributed by atoms with Gasteiger partial charge in [0.1, 0.15) is 5.82 Å². The summed E-state index contributed by atoms with van der Waals surface area (Å²) in [5, 5.41) is 5.69. The van der Waals surface area contributed by atoms with Gasteiger partial charge < -0.3 is 22.1 Å². The van der Waals surface area contributed by atoms with Crippen molar-refractivity contribution in [3.63, 3.8) is 0 Å². The molecule has 0 aliphatic carbocycles. The summed E-state index contributed by atoms with van der Waals surface area (Å²) in [6.07, 6.45) is 4.90. The molecule has 1 rings (SSSR count). The number of unbranched alkanes of at least 4 members (excludes halogenated alkanes) is 3. The predicted molar refractivity (Wildman–Crippen MR) is 105 cm³/mol. The molecule has 0 spiro atoms. The highest BCUT2D eigenvalue weighted by Gasteiger charge is 2.04. The van der Waals surface area contributed by atoms with Crippen LogP contribution in [0.3, 0.4) is 0 Å². The maximum atomic E-state index is 12.8. The van der Waals surface area contributed by atoms with Crippen LogP contribution in [0, 0.1) is 5.82 Å². The standard InChI is InChI=1S/C19H30FN5O2/c20-16-9-7-15(8-10-16)14-18(27)24-12-5-4-11-23-17(26)6-2-1-3-13-25-19(21)22/h7-10H,1-6,11-14H2,(H,23,26)(H,24,27)(H4,21,22,25). The van der Waals surface area contributed by atoms with E-state index in [1.165, 1.54) is 12.1 Å². The van der Waals surface area contributed by atoms with Crippen molar-refractivity contribution in [1.82, 2.24) is 10.6 Å². The summed E-state index contributed by atoms with van der Waals surface area (Å²) in [4.78, 5) is 27.3. The quantitative estimate of drug-likeness (QED) is 0.234. The fourth-order valence-corrected chi connectivity index (χ4v) is 2.43. The average molecular weight is 379 g/mol. The van der Waals surface area contributed by atoms with Gasteiger partial charge in [0.05, 0.1) is 6.42 Å². The lowest BCUT2D eigenvalue weighted by atomic mass is 10.1. The second-order valence-electron chi connectivity index (χ2n) is 6.33. The molecule has 1 aromatic rings. The Morgan fingerprint density at radius 3 is 2.15 bits per heavy atom. The van der Waals surface area contributed by atoms with Crippen molar-refractivity contribution in [2.24, 2.45) is 16.5 Å². The average Bonchev–Trinajstić information content (AvgIpc) is 2.62. The molecule has 27 heavy (non-hydrogen) atoms. The van der Waals surface area contributed by atoms with E-state index in [0.29, 0.717) is 26.1 Å². The number of hydrogen-bond acceptors (Lipinski definition) is 3. The van der Waals surface area contributed by atoms with Crippen LogP contribution in [0.15, 0.2) is 29.3 Å². The summed E-state index contributed by atoms with van der Waals surface area (Å²) in [6, 6.07) is 5.89. The highest BCUT2D eigenvalue weighted by molar-refractivity contribution is 5.78. The van der Waals surface area contributed by atoms with E-state index in [9.17, 15) is 14.0 Å². The lowest BCUT2D eigenvalue weighted by Gasteiger charge is -2.07. The minimum Gasteiger partial charge on any atom is -0.370 e. The summed E-state index contributed by atoms with van der Waals surface area (Å²) < 4.78 is 12.8. The molecule has 8 heteroatoms. The molecule has 0 aliphatic heterocycles. The molecule has 0 aromatic heterocycles. The second-order valence-corrected chi connectivity index (χ2v) is 6.33. The van der Waals surface area contributed by atoms with Crippen molar-refractivity contribution in [3.05, 3.63) is 35.6 Å². The van der Waals surface area contributed by atoms with Crippen LogP contribution >= 0.6 is 0 Å². The van der Waals surface area contributed by atoms with Crippen LogP contribution in [0.25, 0.3) is 0 Å². The van der Waals surface area contributed by atoms with Crippen LogP contribution in [0.4, 0.5) is 4.39 Å². The fraction of sp³-hybridized carbons (Fsp3) is 0.526. The third-order valence-electron chi connectivity index (χ3n) is 3.88. The number of halogens is 1. The maximum Gasteiger partial charge on any atom is 0.224 e. The number of nitrogens with two attached hydrogens (primary N) is 2. The Kier molecular flexibility index (Phi) is 11.2.